The van der Waals surface area contributed by atoms with E-state index in [4.69, 9.17) is 17.0 Å². The van der Waals surface area contributed by atoms with E-state index in [0.717, 1.165) is 17.9 Å². The smallest absolute Gasteiger partial charge is 0.189 e. The lowest BCUT2D eigenvalue weighted by Gasteiger charge is -2.25. The number of nitrogens with zero attached hydrogens (tertiary/aromatic N) is 1. The lowest BCUT2D eigenvalue weighted by Crippen LogP contribution is -2.50. The minimum absolute atomic E-state index is 0.318. The molecule has 0 bridgehead atoms. The number of hydrogen-bond acceptors (Lipinski definition) is 3. The van der Waals surface area contributed by atoms with Gasteiger partial charge in [-0.25, -0.2) is 5.43 Å². The maximum absolute atomic E-state index is 5.46. The molecule has 0 amide bonds. The van der Waals surface area contributed by atoms with Crippen LogP contribution in [0.25, 0.3) is 0 Å². The lowest BCUT2D eigenvalue weighted by atomic mass is 10.0. The van der Waals surface area contributed by atoms with Crippen molar-refractivity contribution in [2.24, 2.45) is 0 Å². The quantitative estimate of drug-likeness (QED) is 0.849. The molecule has 0 aromatic heterocycles. The van der Waals surface area contributed by atoms with Crippen molar-refractivity contribution < 1.29 is 4.74 Å². The molecule has 22 heavy (non-hydrogen) atoms. The van der Waals surface area contributed by atoms with Crippen molar-refractivity contribution in [2.75, 3.05) is 12.1 Å². The highest BCUT2D eigenvalue weighted by Gasteiger charge is 2.36. The van der Waals surface area contributed by atoms with Crippen molar-refractivity contribution in [3.8, 4) is 5.75 Å². The van der Waals surface area contributed by atoms with Crippen LogP contribution in [-0.4, -0.2) is 17.9 Å². The SMILES string of the molecule is COc1ccc(CC2(C)NC(=S)N(c3ccccc3)N2)cc1. The molecule has 0 radical (unpaired) electrons. The molecule has 4 nitrogen and oxygen atoms in total. The molecule has 1 heterocycles. The van der Waals surface area contributed by atoms with E-state index in [-0.39, 0.29) is 5.66 Å². The number of hydrogen-bond donors (Lipinski definition) is 2. The van der Waals surface area contributed by atoms with Gasteiger partial charge >= 0.3 is 0 Å². The van der Waals surface area contributed by atoms with E-state index >= 15 is 0 Å². The molecule has 0 spiro atoms. The van der Waals surface area contributed by atoms with E-state index in [2.05, 4.69) is 29.8 Å². The number of thiocarbonyl (C=S) groups is 1. The summed E-state index contributed by atoms with van der Waals surface area (Å²) >= 11 is 5.46. The summed E-state index contributed by atoms with van der Waals surface area (Å²) in [5, 5.41) is 5.97. The number of methoxy groups -OCH3 is 1. The molecule has 2 aromatic rings. The summed E-state index contributed by atoms with van der Waals surface area (Å²) in [6.45, 7) is 2.10. The summed E-state index contributed by atoms with van der Waals surface area (Å²) in [4.78, 5) is 0. The van der Waals surface area contributed by atoms with Crippen LogP contribution >= 0.6 is 12.2 Å². The third kappa shape index (κ3) is 3.05. The molecule has 1 saturated heterocycles. The van der Waals surface area contributed by atoms with E-state index in [1.54, 1.807) is 7.11 Å². The third-order valence-electron chi connectivity index (χ3n) is 3.68. The van der Waals surface area contributed by atoms with Crippen molar-refractivity contribution in [2.45, 2.75) is 19.0 Å². The van der Waals surface area contributed by atoms with Crippen LogP contribution in [-0.2, 0) is 6.42 Å². The van der Waals surface area contributed by atoms with Gasteiger partial charge in [-0.2, -0.15) is 0 Å². The first-order valence-electron chi connectivity index (χ1n) is 7.18. The summed E-state index contributed by atoms with van der Waals surface area (Å²) in [6.07, 6.45) is 0.806. The van der Waals surface area contributed by atoms with Gasteiger partial charge < -0.3 is 10.1 Å². The fourth-order valence-electron chi connectivity index (χ4n) is 2.61. The van der Waals surface area contributed by atoms with Crippen molar-refractivity contribution in [1.82, 2.24) is 10.7 Å². The van der Waals surface area contributed by atoms with Gasteiger partial charge in [-0.05, 0) is 49.0 Å². The standard InChI is InChI=1S/C17H19N3OS/c1-17(12-13-8-10-15(21-2)11-9-13)18-16(22)20(19-17)14-6-4-3-5-7-14/h3-11,19H,12H2,1-2H3,(H,18,22). The van der Waals surface area contributed by atoms with Gasteiger partial charge in [0, 0.05) is 6.42 Å². The Bertz CT molecular complexity index is 659. The summed E-state index contributed by atoms with van der Waals surface area (Å²) in [6, 6.07) is 18.1. The normalized spacial score (nSPS) is 20.8. The predicted octanol–water partition coefficient (Wildman–Crippen LogP) is 2.85. The minimum atomic E-state index is -0.318. The molecular weight excluding hydrogens is 294 g/mol. The van der Waals surface area contributed by atoms with Gasteiger partial charge in [0.15, 0.2) is 5.11 Å². The zero-order chi connectivity index (χ0) is 15.6. The number of nitrogens with one attached hydrogen (secondary N) is 2. The van der Waals surface area contributed by atoms with Gasteiger partial charge in [-0.3, -0.25) is 5.01 Å². The second kappa shape index (κ2) is 5.94. The second-order valence-corrected chi connectivity index (χ2v) is 5.96. The first kappa shape index (κ1) is 14.8. The first-order valence-corrected chi connectivity index (χ1v) is 7.58. The fraction of sp³-hybridized carbons (Fsp3) is 0.235. The molecular formula is C17H19N3OS. The van der Waals surface area contributed by atoms with Gasteiger partial charge in [0.2, 0.25) is 0 Å². The number of anilines is 1. The lowest BCUT2D eigenvalue weighted by molar-refractivity contribution is 0.371. The van der Waals surface area contributed by atoms with E-state index in [1.807, 2.05) is 47.5 Å². The highest BCUT2D eigenvalue weighted by molar-refractivity contribution is 7.80. The Labute approximate surface area is 136 Å². The minimum Gasteiger partial charge on any atom is -0.497 e. The number of ether oxygens (including phenoxy) is 1. The average molecular weight is 313 g/mol. The first-order chi connectivity index (χ1) is 10.6. The van der Waals surface area contributed by atoms with Crippen LogP contribution in [0.4, 0.5) is 5.69 Å². The molecule has 5 heteroatoms. The van der Waals surface area contributed by atoms with Gasteiger partial charge in [-0.15, -0.1) is 0 Å². The Balaban J connectivity index is 1.75. The molecule has 2 aromatic carbocycles. The van der Waals surface area contributed by atoms with Crippen LogP contribution in [0.2, 0.25) is 0 Å². The van der Waals surface area contributed by atoms with Gasteiger partial charge in [-0.1, -0.05) is 30.3 Å². The van der Waals surface area contributed by atoms with Crippen molar-refractivity contribution in [3.63, 3.8) is 0 Å². The van der Waals surface area contributed by atoms with Crippen LogP contribution in [0, 0.1) is 0 Å². The number of benzene rings is 2. The predicted molar refractivity (Wildman–Crippen MR) is 92.9 cm³/mol. The Morgan fingerprint density at radius 3 is 2.41 bits per heavy atom. The highest BCUT2D eigenvalue weighted by Crippen LogP contribution is 2.22. The summed E-state index contributed by atoms with van der Waals surface area (Å²) in [7, 11) is 1.67. The number of rotatable bonds is 4. The Morgan fingerprint density at radius 1 is 1.09 bits per heavy atom. The summed E-state index contributed by atoms with van der Waals surface area (Å²) in [5.41, 5.74) is 5.38. The van der Waals surface area contributed by atoms with Crippen molar-refractivity contribution in [3.05, 3.63) is 60.2 Å². The Morgan fingerprint density at radius 2 is 1.77 bits per heavy atom. The molecule has 0 saturated carbocycles. The maximum Gasteiger partial charge on any atom is 0.189 e. The molecule has 1 aliphatic heterocycles. The third-order valence-corrected chi connectivity index (χ3v) is 3.96. The van der Waals surface area contributed by atoms with Gasteiger partial charge in [0.25, 0.3) is 0 Å². The fourth-order valence-corrected chi connectivity index (χ4v) is 2.99. The van der Waals surface area contributed by atoms with Crippen molar-refractivity contribution >= 4 is 23.0 Å². The molecule has 2 N–H and O–H groups in total. The van der Waals surface area contributed by atoms with E-state index < -0.39 is 0 Å². The van der Waals surface area contributed by atoms with E-state index in [1.165, 1.54) is 5.56 Å². The zero-order valence-corrected chi connectivity index (χ0v) is 13.5. The monoisotopic (exact) mass is 313 g/mol. The number of hydrazine groups is 1. The highest BCUT2D eigenvalue weighted by atomic mass is 32.1. The molecule has 3 rings (SSSR count). The van der Waals surface area contributed by atoms with Crippen LogP contribution in [0.5, 0.6) is 5.75 Å². The topological polar surface area (TPSA) is 36.5 Å². The molecule has 1 unspecified atom stereocenters. The van der Waals surface area contributed by atoms with Crippen molar-refractivity contribution in [1.29, 1.82) is 0 Å². The molecule has 1 fully saturated rings. The summed E-state index contributed by atoms with van der Waals surface area (Å²) in [5.74, 6) is 0.864. The van der Waals surface area contributed by atoms with Gasteiger partial charge in [0.05, 0.1) is 12.8 Å². The largest absolute Gasteiger partial charge is 0.497 e. The molecule has 114 valence electrons. The molecule has 0 aliphatic carbocycles. The number of para-hydroxylation sites is 1. The van der Waals surface area contributed by atoms with E-state index in [9.17, 15) is 0 Å². The second-order valence-electron chi connectivity index (χ2n) is 5.57. The molecule has 1 atom stereocenters. The molecule has 1 aliphatic rings. The van der Waals surface area contributed by atoms with Gasteiger partial charge in [0.1, 0.15) is 11.4 Å². The van der Waals surface area contributed by atoms with Crippen LogP contribution in [0.1, 0.15) is 12.5 Å². The van der Waals surface area contributed by atoms with Crippen LogP contribution in [0.3, 0.4) is 0 Å². The average Bonchev–Trinajstić information content (AvgIpc) is 2.83. The van der Waals surface area contributed by atoms with E-state index in [0.29, 0.717) is 5.11 Å². The van der Waals surface area contributed by atoms with Crippen LogP contribution in [0.15, 0.2) is 54.6 Å². The Kier molecular flexibility index (Phi) is 4.00. The zero-order valence-electron chi connectivity index (χ0n) is 12.7. The Hall–Kier alpha value is -2.11. The van der Waals surface area contributed by atoms with Crippen LogP contribution < -0.4 is 20.5 Å². The summed E-state index contributed by atoms with van der Waals surface area (Å²) < 4.78 is 5.20. The maximum atomic E-state index is 5.46.